The summed E-state index contributed by atoms with van der Waals surface area (Å²) in [7, 11) is 9.46. The van der Waals surface area contributed by atoms with Crippen molar-refractivity contribution in [2.75, 3.05) is 94.4 Å². The number of benzene rings is 1. The number of likely N-dealkylation sites (N-methyl/N-ethyl adjacent to an activating group) is 5. The predicted octanol–water partition coefficient (Wildman–Crippen LogP) is 9.30. The number of halogens is 2. The second-order valence-electron chi connectivity index (χ2n) is 34.8. The molecule has 5 aromatic heterocycles. The number of aliphatic hydroxyl groups excluding tert-OH is 1. The number of ether oxygens (including phenoxy) is 2. The fourth-order valence-electron chi connectivity index (χ4n) is 15.6. The van der Waals surface area contributed by atoms with E-state index in [2.05, 4.69) is 98.4 Å². The number of aryl methyl sites for hydroxylation is 1. The van der Waals surface area contributed by atoms with Gasteiger partial charge in [-0.1, -0.05) is 88.2 Å². The zero-order chi connectivity index (χ0) is 80.1. The number of aliphatic hydroxyl groups is 1. The van der Waals surface area contributed by atoms with E-state index in [4.69, 9.17) is 29.3 Å². The first kappa shape index (κ1) is 84.1. The lowest BCUT2D eigenvalue weighted by Gasteiger charge is -2.30. The summed E-state index contributed by atoms with van der Waals surface area (Å²) < 4.78 is 49.4. The van der Waals surface area contributed by atoms with Crippen LogP contribution in [0, 0.1) is 34.8 Å². The molecule has 3 atom stereocenters. The van der Waals surface area contributed by atoms with Crippen molar-refractivity contribution >= 4 is 35.9 Å². The number of aromatic nitrogens is 10. The van der Waals surface area contributed by atoms with Crippen molar-refractivity contribution in [2.24, 2.45) is 16.2 Å². The van der Waals surface area contributed by atoms with E-state index in [9.17, 15) is 42.7 Å². The molecule has 13 rings (SSSR count). The minimum absolute atomic E-state index is 0.000368. The molecular formula is C79H119F2N19O10. The number of rotatable bonds is 9. The summed E-state index contributed by atoms with van der Waals surface area (Å²) in [4.78, 5) is 90.1. The number of nitrogens with zero attached hydrogens (tertiary/aromatic N) is 14. The number of nitrogens with one attached hydrogen (secondary N) is 5. The molecule has 10 heterocycles. The van der Waals surface area contributed by atoms with Gasteiger partial charge in [0.2, 0.25) is 17.7 Å². The van der Waals surface area contributed by atoms with Gasteiger partial charge in [0, 0.05) is 144 Å². The number of morpholine rings is 1. The van der Waals surface area contributed by atoms with Crippen molar-refractivity contribution in [3.05, 3.63) is 104 Å². The third-order valence-electron chi connectivity index (χ3n) is 21.8. The highest BCUT2D eigenvalue weighted by atomic mass is 19.2. The lowest BCUT2D eigenvalue weighted by molar-refractivity contribution is -0.125. The summed E-state index contributed by atoms with van der Waals surface area (Å²) in [6.45, 7) is 34.9. The van der Waals surface area contributed by atoms with Crippen LogP contribution in [0.4, 0.5) is 28.0 Å². The van der Waals surface area contributed by atoms with E-state index in [1.54, 1.807) is 25.7 Å². The Bertz CT molecular complexity index is 4240. The molecule has 0 spiro atoms. The van der Waals surface area contributed by atoms with Gasteiger partial charge in [-0.05, 0) is 127 Å². The Morgan fingerprint density at radius 1 is 0.527 bits per heavy atom. The molecule has 0 bridgehead atoms. The number of fused-ring (bicyclic) bond motifs is 4. The third-order valence-corrected chi connectivity index (χ3v) is 21.8. The van der Waals surface area contributed by atoms with Crippen molar-refractivity contribution in [3.8, 4) is 11.3 Å². The zero-order valence-electron chi connectivity index (χ0n) is 68.0. The predicted molar refractivity (Wildman–Crippen MR) is 411 cm³/mol. The van der Waals surface area contributed by atoms with Crippen molar-refractivity contribution in [1.29, 1.82) is 0 Å². The molecule has 3 fully saturated rings. The van der Waals surface area contributed by atoms with Crippen LogP contribution < -0.4 is 26.6 Å². The van der Waals surface area contributed by atoms with E-state index < -0.39 is 52.0 Å². The first-order valence-corrected chi connectivity index (χ1v) is 39.1. The van der Waals surface area contributed by atoms with Gasteiger partial charge < -0.3 is 65.3 Å². The Hall–Kier alpha value is -8.36. The van der Waals surface area contributed by atoms with Crippen LogP contribution in [0.2, 0.25) is 0 Å². The van der Waals surface area contributed by atoms with E-state index in [1.165, 1.54) is 31.2 Å². The maximum Gasteiger partial charge on any atom is 0.345 e. The van der Waals surface area contributed by atoms with Crippen molar-refractivity contribution in [2.45, 2.75) is 235 Å². The molecule has 1 saturated carbocycles. The van der Waals surface area contributed by atoms with E-state index in [1.807, 2.05) is 67.2 Å². The molecule has 110 heavy (non-hydrogen) atoms. The molecule has 6 aromatic rings. The Morgan fingerprint density at radius 3 is 1.46 bits per heavy atom. The molecule has 29 nitrogen and oxygen atoms in total. The van der Waals surface area contributed by atoms with E-state index in [-0.39, 0.29) is 47.3 Å². The van der Waals surface area contributed by atoms with Crippen molar-refractivity contribution in [3.63, 3.8) is 0 Å². The molecule has 0 radical (unpaired) electrons. The first-order chi connectivity index (χ1) is 51.9. The number of carbonyl (C=O) groups excluding carboxylic acids is 6. The average molecular weight is 1530 g/mol. The smallest absolute Gasteiger partial charge is 0.345 e. The fraction of sp³-hybridized carbons (Fsp3) is 0.671. The third kappa shape index (κ3) is 19.7. The Morgan fingerprint density at radius 2 is 0.991 bits per heavy atom. The molecule has 31 heteroatoms. The standard InChI is InChI=1S/C22H25F2N5O2.C21H35N5O3.C20H33N5O3.C16H26N4O2/c1-12-25-20(31-28-12)19(22(2,3)4)26-21(30)29-17-8-6-5-7-14(17)18(27-29)13-9-10-15(23)16(24)11-13;1-21(2,3)18(19(28)22-4)23-20(29)26-16-10-11-25(5)12-15(16)17(24-26)13-6-8-14(27)9-7-13;1-20(2,3)17(18(26)21-4)22-19(27)25-15-6-9-24(5)12-14(15)16(23-25)13-7-10-28-11-8-13;1-16(2,3)14-12-11-18(4)6-5-13(12)20(17-14)15(21)19-7-9-22-10-8-19/h9-11,19H,5-8H2,1-4H3,(H,26,30);13-14,18,27H,6-12H2,1-5H3,(H,22,28)(H,23,29);13,17H,6-12H2,1-5H3,(H,21,26)(H,22,27);5-11H2,1-4H3/t19-;13?,14?,18-;17-;/m111./s1. The van der Waals surface area contributed by atoms with Crippen LogP contribution in [0.1, 0.15) is 226 Å². The summed E-state index contributed by atoms with van der Waals surface area (Å²) in [5.74, 6) is -0.890. The Labute approximate surface area is 645 Å². The topological polar surface area (TPSA) is 324 Å². The Kier molecular flexibility index (Phi) is 26.9. The quantitative estimate of drug-likeness (QED) is 0.0785. The number of hydrogen-bond donors (Lipinski definition) is 6. The minimum Gasteiger partial charge on any atom is -0.393 e. The maximum absolute atomic E-state index is 13.8. The summed E-state index contributed by atoms with van der Waals surface area (Å²) in [5.41, 5.74) is 11.0. The highest BCUT2D eigenvalue weighted by Crippen LogP contribution is 2.40. The fourth-order valence-corrected chi connectivity index (χ4v) is 15.6. The van der Waals surface area contributed by atoms with Crippen LogP contribution >= 0.6 is 0 Å². The molecule has 604 valence electrons. The van der Waals surface area contributed by atoms with Crippen molar-refractivity contribution in [1.82, 2.24) is 95.4 Å². The summed E-state index contributed by atoms with van der Waals surface area (Å²) in [6.07, 6.45) is 10.6. The highest BCUT2D eigenvalue weighted by molar-refractivity contribution is 5.89. The largest absolute Gasteiger partial charge is 0.393 e. The van der Waals surface area contributed by atoms with Gasteiger partial charge >= 0.3 is 24.1 Å². The van der Waals surface area contributed by atoms with Gasteiger partial charge in [-0.25, -0.2) is 28.0 Å². The van der Waals surface area contributed by atoms with Gasteiger partial charge in [-0.2, -0.15) is 44.1 Å². The van der Waals surface area contributed by atoms with Crippen LogP contribution in [0.5, 0.6) is 0 Å². The monoisotopic (exact) mass is 1530 g/mol. The van der Waals surface area contributed by atoms with E-state index in [0.717, 1.165) is 193 Å². The summed E-state index contributed by atoms with van der Waals surface area (Å²) in [6, 6.07) is 0.747. The normalized spacial score (nSPS) is 19.6. The number of amides is 6. The van der Waals surface area contributed by atoms with E-state index in [0.29, 0.717) is 61.6 Å². The Balaban J connectivity index is 0.000000157. The zero-order valence-corrected chi connectivity index (χ0v) is 68.0. The molecule has 1 aromatic carbocycles. The summed E-state index contributed by atoms with van der Waals surface area (Å²) >= 11 is 0. The van der Waals surface area contributed by atoms with Gasteiger partial charge in [0.15, 0.2) is 17.5 Å². The lowest BCUT2D eigenvalue weighted by Crippen LogP contribution is -2.54. The maximum atomic E-state index is 13.8. The summed E-state index contributed by atoms with van der Waals surface area (Å²) in [5, 5.41) is 46.5. The lowest BCUT2D eigenvalue weighted by atomic mass is 9.83. The number of carbonyl (C=O) groups is 6. The van der Waals surface area contributed by atoms with E-state index >= 15 is 0 Å². The van der Waals surface area contributed by atoms with Gasteiger partial charge in [0.25, 0.3) is 0 Å². The second-order valence-corrected chi connectivity index (χ2v) is 34.8. The van der Waals surface area contributed by atoms with Gasteiger partial charge in [0.1, 0.15) is 18.1 Å². The average Bonchev–Trinajstić information content (AvgIpc) is 1.64. The SMILES string of the molecule is CN1CCc2c(c(C(C)(C)C)nn2C(=O)N2CCOCC2)C1.CNC(=O)[C@@H](NC(=O)n1nc(C2CCC(O)CC2)c2c1CCN(C)C2)C(C)(C)C.CNC(=O)[C@@H](NC(=O)n1nc(C2CCOCC2)c2c1CCN(C)C2)C(C)(C)C.Cc1noc([C@@H](NC(=O)n2nc(-c3ccc(F)c(F)c3)c3c2CCCC3)C(C)(C)C)n1. The number of hydrogen-bond acceptors (Lipinski definition) is 19. The minimum atomic E-state index is -0.944. The van der Waals surface area contributed by atoms with Gasteiger partial charge in [-0.3, -0.25) is 9.59 Å². The molecule has 7 aliphatic rings. The van der Waals surface area contributed by atoms with Crippen LogP contribution in [0.3, 0.4) is 0 Å². The van der Waals surface area contributed by atoms with Crippen LogP contribution in [-0.2, 0) is 76.2 Å². The molecule has 6 amide bonds. The highest BCUT2D eigenvalue weighted by Gasteiger charge is 2.41. The van der Waals surface area contributed by atoms with Crippen molar-refractivity contribution < 1.29 is 56.7 Å². The van der Waals surface area contributed by atoms with Gasteiger partial charge in [0.05, 0.1) is 64.9 Å². The van der Waals surface area contributed by atoms with Crippen LogP contribution in [-0.4, -0.2) is 222 Å². The van der Waals surface area contributed by atoms with Gasteiger partial charge in [-0.15, -0.1) is 0 Å². The molecule has 2 aliphatic carbocycles. The van der Waals surface area contributed by atoms with Crippen LogP contribution in [0.15, 0.2) is 22.7 Å². The molecule has 0 unspecified atom stereocenters. The molecule has 2 saturated heterocycles. The molecule has 5 aliphatic heterocycles. The molecular weight excluding hydrogens is 1410 g/mol. The van der Waals surface area contributed by atoms with Crippen LogP contribution in [0.25, 0.3) is 11.3 Å². The first-order valence-electron chi connectivity index (χ1n) is 39.1. The second kappa shape index (κ2) is 35.1. The molecule has 6 N–H and O–H groups in total.